The van der Waals surface area contributed by atoms with Gasteiger partial charge in [-0.15, -0.1) is 5.10 Å². The lowest BCUT2D eigenvalue weighted by molar-refractivity contribution is 0.207. The van der Waals surface area contributed by atoms with Crippen LogP contribution >= 0.6 is 11.8 Å². The van der Waals surface area contributed by atoms with E-state index in [2.05, 4.69) is 29.3 Å². The van der Waals surface area contributed by atoms with Crippen molar-refractivity contribution in [3.63, 3.8) is 0 Å². The molecule has 2 aromatic carbocycles. The fraction of sp³-hybridized carbons (Fsp3) is 0.300. The summed E-state index contributed by atoms with van der Waals surface area (Å²) in [5.41, 5.74) is 7.92. The number of nitrogens with zero attached hydrogens (tertiary/aromatic N) is 2. The van der Waals surface area contributed by atoms with Gasteiger partial charge in [0.1, 0.15) is 0 Å². The second-order valence-electron chi connectivity index (χ2n) is 5.67. The van der Waals surface area contributed by atoms with Gasteiger partial charge in [-0.05, 0) is 31.0 Å². The van der Waals surface area contributed by atoms with Crippen molar-refractivity contribution < 1.29 is 9.47 Å². The molecule has 0 aliphatic rings. The van der Waals surface area contributed by atoms with E-state index < -0.39 is 0 Å². The van der Waals surface area contributed by atoms with Crippen LogP contribution in [0.3, 0.4) is 0 Å². The quantitative estimate of drug-likeness (QED) is 0.423. The molecule has 2 aromatic rings. The molecule has 138 valence electrons. The predicted molar refractivity (Wildman–Crippen MR) is 110 cm³/mol. The molecule has 1 unspecified atom stereocenters. The molecule has 2 N–H and O–H groups in total. The first-order valence-electron chi connectivity index (χ1n) is 8.51. The number of ether oxygens (including phenoxy) is 2. The van der Waals surface area contributed by atoms with Crippen LogP contribution in [0.15, 0.2) is 58.7 Å². The standard InChI is InChI=1S/C20H25N3O2S/c1-4-15(2)25-19-17(11-8-12-18(19)24-3)13-22-23-20(21)26-14-16-9-6-5-7-10-16/h5-13,15H,4,14H2,1-3H3,(H2,21,23). The van der Waals surface area contributed by atoms with Gasteiger partial charge in [0.25, 0.3) is 0 Å². The van der Waals surface area contributed by atoms with Gasteiger partial charge in [0, 0.05) is 11.3 Å². The SMILES string of the molecule is CCC(C)Oc1c(C=NN=C(N)SCc2ccccc2)cccc1OC. The summed E-state index contributed by atoms with van der Waals surface area (Å²) >= 11 is 1.45. The Balaban J connectivity index is 2.06. The maximum absolute atomic E-state index is 5.98. The third-order valence-electron chi connectivity index (χ3n) is 3.71. The van der Waals surface area contributed by atoms with E-state index in [4.69, 9.17) is 15.2 Å². The number of nitrogens with two attached hydrogens (primary N) is 1. The highest BCUT2D eigenvalue weighted by Crippen LogP contribution is 2.31. The molecule has 2 rings (SSSR count). The van der Waals surface area contributed by atoms with E-state index in [1.54, 1.807) is 13.3 Å². The smallest absolute Gasteiger partial charge is 0.180 e. The van der Waals surface area contributed by atoms with E-state index >= 15 is 0 Å². The van der Waals surface area contributed by atoms with Gasteiger partial charge in [0.15, 0.2) is 16.7 Å². The van der Waals surface area contributed by atoms with Crippen LogP contribution in [0.1, 0.15) is 31.4 Å². The highest BCUT2D eigenvalue weighted by molar-refractivity contribution is 8.13. The van der Waals surface area contributed by atoms with Crippen molar-refractivity contribution in [2.24, 2.45) is 15.9 Å². The first-order valence-corrected chi connectivity index (χ1v) is 9.49. The Bertz CT molecular complexity index is 748. The Kier molecular flexibility index (Phi) is 8.02. The summed E-state index contributed by atoms with van der Waals surface area (Å²) in [5, 5.41) is 8.58. The molecule has 0 spiro atoms. The Morgan fingerprint density at radius 3 is 2.65 bits per heavy atom. The Hall–Kier alpha value is -2.47. The van der Waals surface area contributed by atoms with Crippen molar-refractivity contribution in [1.82, 2.24) is 0 Å². The van der Waals surface area contributed by atoms with Crippen LogP contribution in [-0.2, 0) is 5.75 Å². The molecule has 0 aromatic heterocycles. The minimum atomic E-state index is 0.0773. The van der Waals surface area contributed by atoms with Gasteiger partial charge >= 0.3 is 0 Å². The van der Waals surface area contributed by atoms with Crippen LogP contribution in [0, 0.1) is 0 Å². The summed E-state index contributed by atoms with van der Waals surface area (Å²) in [5.74, 6) is 2.09. The number of hydrogen-bond donors (Lipinski definition) is 1. The molecule has 0 bridgehead atoms. The van der Waals surface area contributed by atoms with Gasteiger partial charge in [0.05, 0.1) is 19.4 Å². The van der Waals surface area contributed by atoms with Crippen LogP contribution in [0.25, 0.3) is 0 Å². The van der Waals surface area contributed by atoms with Gasteiger partial charge < -0.3 is 15.2 Å². The van der Waals surface area contributed by atoms with Crippen LogP contribution in [-0.4, -0.2) is 24.6 Å². The van der Waals surface area contributed by atoms with Crippen LogP contribution < -0.4 is 15.2 Å². The number of hydrogen-bond acceptors (Lipinski definition) is 5. The molecule has 5 nitrogen and oxygen atoms in total. The second-order valence-corrected chi connectivity index (χ2v) is 6.67. The number of benzene rings is 2. The molecule has 0 saturated carbocycles. The summed E-state index contributed by atoms with van der Waals surface area (Å²) in [6, 6.07) is 15.8. The molecule has 6 heteroatoms. The molecule has 26 heavy (non-hydrogen) atoms. The maximum Gasteiger partial charge on any atom is 0.180 e. The summed E-state index contributed by atoms with van der Waals surface area (Å²) in [4.78, 5) is 0. The molecular formula is C20H25N3O2S. The molecule has 0 radical (unpaired) electrons. The summed E-state index contributed by atoms with van der Waals surface area (Å²) < 4.78 is 11.4. The van der Waals surface area contributed by atoms with Gasteiger partial charge in [-0.25, -0.2) is 0 Å². The van der Waals surface area contributed by atoms with E-state index in [1.807, 2.05) is 43.3 Å². The minimum Gasteiger partial charge on any atom is -0.493 e. The Labute approximate surface area is 159 Å². The number of thioether (sulfide) groups is 1. The summed E-state index contributed by atoms with van der Waals surface area (Å²) in [6.07, 6.45) is 2.61. The van der Waals surface area contributed by atoms with Crippen molar-refractivity contribution in [3.05, 3.63) is 59.7 Å². The third kappa shape index (κ3) is 6.11. The summed E-state index contributed by atoms with van der Waals surface area (Å²) in [6.45, 7) is 4.09. The highest BCUT2D eigenvalue weighted by atomic mass is 32.2. The monoisotopic (exact) mass is 371 g/mol. The normalized spacial score (nSPS) is 13.0. The van der Waals surface area contributed by atoms with Crippen molar-refractivity contribution in [2.45, 2.75) is 32.1 Å². The van der Waals surface area contributed by atoms with E-state index in [0.717, 1.165) is 17.7 Å². The number of amidine groups is 1. The zero-order chi connectivity index (χ0) is 18.8. The molecule has 0 amide bonds. The number of para-hydroxylation sites is 1. The van der Waals surface area contributed by atoms with Crippen molar-refractivity contribution in [3.8, 4) is 11.5 Å². The lowest BCUT2D eigenvalue weighted by Crippen LogP contribution is -2.12. The molecule has 1 atom stereocenters. The van der Waals surface area contributed by atoms with E-state index in [9.17, 15) is 0 Å². The fourth-order valence-corrected chi connectivity index (χ4v) is 2.73. The zero-order valence-electron chi connectivity index (χ0n) is 15.4. The molecule has 0 saturated heterocycles. The molecule has 0 aliphatic heterocycles. The number of rotatable bonds is 8. The third-order valence-corrected chi connectivity index (χ3v) is 4.56. The highest BCUT2D eigenvalue weighted by Gasteiger charge is 2.12. The molecule has 0 aliphatic carbocycles. The Morgan fingerprint density at radius 2 is 1.96 bits per heavy atom. The fourth-order valence-electron chi connectivity index (χ4n) is 2.11. The predicted octanol–water partition coefficient (Wildman–Crippen LogP) is 4.45. The van der Waals surface area contributed by atoms with E-state index in [-0.39, 0.29) is 6.10 Å². The van der Waals surface area contributed by atoms with Gasteiger partial charge in [-0.2, -0.15) is 5.10 Å². The van der Waals surface area contributed by atoms with Crippen LogP contribution in [0.5, 0.6) is 11.5 Å². The van der Waals surface area contributed by atoms with E-state index in [0.29, 0.717) is 16.7 Å². The van der Waals surface area contributed by atoms with Gasteiger partial charge in [-0.3, -0.25) is 0 Å². The van der Waals surface area contributed by atoms with Crippen LogP contribution in [0.4, 0.5) is 0 Å². The topological polar surface area (TPSA) is 69.2 Å². The summed E-state index contributed by atoms with van der Waals surface area (Å²) in [7, 11) is 1.62. The maximum atomic E-state index is 5.98. The molecule has 0 heterocycles. The zero-order valence-corrected chi connectivity index (χ0v) is 16.2. The average molecular weight is 372 g/mol. The minimum absolute atomic E-state index is 0.0773. The lowest BCUT2D eigenvalue weighted by Gasteiger charge is -2.17. The molecular weight excluding hydrogens is 346 g/mol. The van der Waals surface area contributed by atoms with E-state index in [1.165, 1.54) is 17.3 Å². The molecule has 0 fully saturated rings. The average Bonchev–Trinajstić information content (AvgIpc) is 2.68. The van der Waals surface area contributed by atoms with Crippen molar-refractivity contribution in [2.75, 3.05) is 7.11 Å². The first kappa shape index (κ1) is 19.8. The van der Waals surface area contributed by atoms with Crippen molar-refractivity contribution in [1.29, 1.82) is 0 Å². The van der Waals surface area contributed by atoms with Crippen LogP contribution in [0.2, 0.25) is 0 Å². The first-order chi connectivity index (χ1) is 12.6. The second kappa shape index (κ2) is 10.5. The largest absolute Gasteiger partial charge is 0.493 e. The lowest BCUT2D eigenvalue weighted by atomic mass is 10.2. The van der Waals surface area contributed by atoms with Gasteiger partial charge in [-0.1, -0.05) is 55.1 Å². The Morgan fingerprint density at radius 1 is 1.19 bits per heavy atom. The van der Waals surface area contributed by atoms with Crippen molar-refractivity contribution >= 4 is 23.1 Å². The number of methoxy groups -OCH3 is 1. The van der Waals surface area contributed by atoms with Gasteiger partial charge in [0.2, 0.25) is 0 Å².